The molecule has 2 rings (SSSR count). The van der Waals surface area contributed by atoms with E-state index in [4.69, 9.17) is 4.52 Å². The molecule has 1 fully saturated rings. The summed E-state index contributed by atoms with van der Waals surface area (Å²) < 4.78 is 5.20. The molecule has 2 heterocycles. The molecule has 1 aliphatic heterocycles. The van der Waals surface area contributed by atoms with Crippen LogP contribution in [0.4, 0.5) is 0 Å². The summed E-state index contributed by atoms with van der Waals surface area (Å²) in [5.74, 6) is 1.84. The number of piperidine rings is 1. The first-order valence-corrected chi connectivity index (χ1v) is 6.41. The Hall–Kier alpha value is -0.940. The number of nitrogens with zero attached hydrogens (tertiary/aromatic N) is 3. The summed E-state index contributed by atoms with van der Waals surface area (Å²) in [4.78, 5) is 6.51. The van der Waals surface area contributed by atoms with Crippen LogP contribution < -0.4 is 0 Å². The molecule has 5 nitrogen and oxygen atoms in total. The molecule has 2 unspecified atom stereocenters. The average molecular weight is 239 g/mol. The summed E-state index contributed by atoms with van der Waals surface area (Å²) in [6, 6.07) is 0. The number of aryl methyl sites for hydroxylation is 1. The van der Waals surface area contributed by atoms with Crippen molar-refractivity contribution in [2.24, 2.45) is 5.92 Å². The van der Waals surface area contributed by atoms with Crippen molar-refractivity contribution in [1.29, 1.82) is 0 Å². The summed E-state index contributed by atoms with van der Waals surface area (Å²) in [5.41, 5.74) is 0. The monoisotopic (exact) mass is 239 g/mol. The molecule has 1 aromatic heterocycles. The van der Waals surface area contributed by atoms with Crippen molar-refractivity contribution in [3.63, 3.8) is 0 Å². The van der Waals surface area contributed by atoms with Crippen molar-refractivity contribution in [3.05, 3.63) is 11.7 Å². The SMILES string of the molecule is CCCc1noc(CN2CCC(C)C(O)C2)n1. The molecule has 1 aliphatic rings. The van der Waals surface area contributed by atoms with Crippen molar-refractivity contribution in [2.75, 3.05) is 13.1 Å². The smallest absolute Gasteiger partial charge is 0.240 e. The van der Waals surface area contributed by atoms with Crippen LogP contribution in [0.5, 0.6) is 0 Å². The maximum Gasteiger partial charge on any atom is 0.240 e. The minimum atomic E-state index is -0.234. The molecule has 1 N–H and O–H groups in total. The van der Waals surface area contributed by atoms with Gasteiger partial charge in [-0.3, -0.25) is 4.90 Å². The molecule has 0 radical (unpaired) electrons. The van der Waals surface area contributed by atoms with Gasteiger partial charge in [-0.2, -0.15) is 4.98 Å². The van der Waals surface area contributed by atoms with Crippen LogP contribution in [-0.2, 0) is 13.0 Å². The van der Waals surface area contributed by atoms with E-state index < -0.39 is 0 Å². The molecule has 1 aromatic rings. The zero-order valence-corrected chi connectivity index (χ0v) is 10.6. The summed E-state index contributed by atoms with van der Waals surface area (Å²) in [5, 5.41) is 13.7. The first kappa shape index (κ1) is 12.5. The third-order valence-corrected chi connectivity index (χ3v) is 3.35. The van der Waals surface area contributed by atoms with Gasteiger partial charge in [0.1, 0.15) is 0 Å². The fourth-order valence-electron chi connectivity index (χ4n) is 2.13. The van der Waals surface area contributed by atoms with E-state index in [1.807, 2.05) is 0 Å². The zero-order valence-electron chi connectivity index (χ0n) is 10.6. The average Bonchev–Trinajstić information content (AvgIpc) is 2.72. The molecule has 2 atom stereocenters. The Morgan fingerprint density at radius 1 is 1.53 bits per heavy atom. The summed E-state index contributed by atoms with van der Waals surface area (Å²) in [6.45, 7) is 6.53. The lowest BCUT2D eigenvalue weighted by Crippen LogP contribution is -2.42. The molecule has 17 heavy (non-hydrogen) atoms. The van der Waals surface area contributed by atoms with E-state index in [0.717, 1.165) is 31.6 Å². The molecule has 5 heteroatoms. The Morgan fingerprint density at radius 2 is 2.35 bits per heavy atom. The topological polar surface area (TPSA) is 62.4 Å². The number of β-amino-alcohol motifs (C(OH)–C–C–N with tert-alkyl or cyclic N) is 1. The van der Waals surface area contributed by atoms with Gasteiger partial charge in [-0.15, -0.1) is 0 Å². The van der Waals surface area contributed by atoms with Gasteiger partial charge in [-0.1, -0.05) is 19.0 Å². The van der Waals surface area contributed by atoms with Crippen molar-refractivity contribution >= 4 is 0 Å². The van der Waals surface area contributed by atoms with E-state index in [2.05, 4.69) is 28.9 Å². The molecule has 96 valence electrons. The van der Waals surface area contributed by atoms with Crippen molar-refractivity contribution in [1.82, 2.24) is 15.0 Å². The second-order valence-corrected chi connectivity index (χ2v) is 4.92. The molecule has 1 saturated heterocycles. The van der Waals surface area contributed by atoms with Crippen LogP contribution in [0.15, 0.2) is 4.52 Å². The highest BCUT2D eigenvalue weighted by Crippen LogP contribution is 2.18. The maximum absolute atomic E-state index is 9.81. The Bertz CT molecular complexity index is 353. The molecule has 0 amide bonds. The predicted octanol–water partition coefficient (Wildman–Crippen LogP) is 1.22. The van der Waals surface area contributed by atoms with Crippen LogP contribution in [0.2, 0.25) is 0 Å². The van der Waals surface area contributed by atoms with Gasteiger partial charge in [0.2, 0.25) is 5.89 Å². The highest BCUT2D eigenvalue weighted by molar-refractivity contribution is 4.88. The molecule has 0 aromatic carbocycles. The van der Waals surface area contributed by atoms with Crippen LogP contribution in [0, 0.1) is 5.92 Å². The fourth-order valence-corrected chi connectivity index (χ4v) is 2.13. The van der Waals surface area contributed by atoms with Crippen LogP contribution in [-0.4, -0.2) is 39.3 Å². The van der Waals surface area contributed by atoms with E-state index in [1.54, 1.807) is 0 Å². The van der Waals surface area contributed by atoms with Gasteiger partial charge in [0.15, 0.2) is 5.82 Å². The molecule has 0 spiro atoms. The van der Waals surface area contributed by atoms with Gasteiger partial charge >= 0.3 is 0 Å². The third kappa shape index (κ3) is 3.26. The number of hydrogen-bond acceptors (Lipinski definition) is 5. The first-order chi connectivity index (χ1) is 8.19. The standard InChI is InChI=1S/C12H21N3O2/c1-3-4-11-13-12(17-14-11)8-15-6-5-9(2)10(16)7-15/h9-10,16H,3-8H2,1-2H3. The lowest BCUT2D eigenvalue weighted by Gasteiger charge is -2.33. The minimum Gasteiger partial charge on any atom is -0.392 e. The van der Waals surface area contributed by atoms with Gasteiger partial charge in [-0.25, -0.2) is 0 Å². The molecule has 0 aliphatic carbocycles. The lowest BCUT2D eigenvalue weighted by atomic mass is 9.96. The number of aliphatic hydroxyl groups is 1. The molecule has 0 bridgehead atoms. The maximum atomic E-state index is 9.81. The Labute approximate surface area is 102 Å². The largest absolute Gasteiger partial charge is 0.392 e. The Balaban J connectivity index is 1.87. The van der Waals surface area contributed by atoms with Gasteiger partial charge in [0, 0.05) is 13.0 Å². The number of aromatic nitrogens is 2. The quantitative estimate of drug-likeness (QED) is 0.856. The third-order valence-electron chi connectivity index (χ3n) is 3.35. The second-order valence-electron chi connectivity index (χ2n) is 4.92. The van der Waals surface area contributed by atoms with Crippen LogP contribution >= 0.6 is 0 Å². The van der Waals surface area contributed by atoms with Crippen LogP contribution in [0.25, 0.3) is 0 Å². The zero-order chi connectivity index (χ0) is 12.3. The van der Waals surface area contributed by atoms with Crippen molar-refractivity contribution in [2.45, 2.75) is 45.8 Å². The van der Waals surface area contributed by atoms with Gasteiger partial charge in [0.25, 0.3) is 0 Å². The number of hydrogen-bond donors (Lipinski definition) is 1. The Morgan fingerprint density at radius 3 is 3.06 bits per heavy atom. The minimum absolute atomic E-state index is 0.234. The molecular weight excluding hydrogens is 218 g/mol. The number of rotatable bonds is 4. The van der Waals surface area contributed by atoms with Gasteiger partial charge in [-0.05, 0) is 25.3 Å². The number of aliphatic hydroxyl groups excluding tert-OH is 1. The van der Waals surface area contributed by atoms with E-state index in [9.17, 15) is 5.11 Å². The second kappa shape index (κ2) is 5.60. The predicted molar refractivity (Wildman–Crippen MR) is 63.4 cm³/mol. The van der Waals surface area contributed by atoms with Crippen LogP contribution in [0.1, 0.15) is 38.4 Å². The first-order valence-electron chi connectivity index (χ1n) is 6.41. The van der Waals surface area contributed by atoms with E-state index in [0.29, 0.717) is 24.9 Å². The molecule has 0 saturated carbocycles. The number of likely N-dealkylation sites (tertiary alicyclic amines) is 1. The van der Waals surface area contributed by atoms with E-state index in [1.165, 1.54) is 0 Å². The Kier molecular flexibility index (Phi) is 4.12. The van der Waals surface area contributed by atoms with Gasteiger partial charge < -0.3 is 9.63 Å². The van der Waals surface area contributed by atoms with Crippen LogP contribution in [0.3, 0.4) is 0 Å². The highest BCUT2D eigenvalue weighted by atomic mass is 16.5. The van der Waals surface area contributed by atoms with E-state index >= 15 is 0 Å². The normalized spacial score (nSPS) is 26.3. The summed E-state index contributed by atoms with van der Waals surface area (Å²) in [6.07, 6.45) is 2.68. The molecular formula is C12H21N3O2. The van der Waals surface area contributed by atoms with Crippen molar-refractivity contribution in [3.8, 4) is 0 Å². The van der Waals surface area contributed by atoms with E-state index in [-0.39, 0.29) is 6.10 Å². The van der Waals surface area contributed by atoms with Gasteiger partial charge in [0.05, 0.1) is 12.6 Å². The van der Waals surface area contributed by atoms with Crippen molar-refractivity contribution < 1.29 is 9.63 Å². The summed E-state index contributed by atoms with van der Waals surface area (Å²) >= 11 is 0. The highest BCUT2D eigenvalue weighted by Gasteiger charge is 2.25. The summed E-state index contributed by atoms with van der Waals surface area (Å²) in [7, 11) is 0. The lowest BCUT2D eigenvalue weighted by molar-refractivity contribution is 0.0220. The fraction of sp³-hybridized carbons (Fsp3) is 0.833.